The number of rotatable bonds is 9. The topological polar surface area (TPSA) is 36.9 Å². The van der Waals surface area contributed by atoms with Gasteiger partial charge in [-0.3, -0.25) is 0 Å². The van der Waals surface area contributed by atoms with E-state index < -0.39 is 5.79 Å². The smallest absolute Gasteiger partial charge is 0.229 e. The molecule has 0 fully saturated rings. The fourth-order valence-corrected chi connectivity index (χ4v) is 2.51. The highest BCUT2D eigenvalue weighted by atomic mass is 16.7. The van der Waals surface area contributed by atoms with Crippen LogP contribution in [0.2, 0.25) is 0 Å². The van der Waals surface area contributed by atoms with Crippen LogP contribution in [-0.4, -0.2) is 27.9 Å². The number of hydrogen-bond donors (Lipinski definition) is 0. The lowest BCUT2D eigenvalue weighted by atomic mass is 10.1. The molecule has 0 atom stereocenters. The van der Waals surface area contributed by atoms with Crippen molar-refractivity contribution in [3.05, 3.63) is 72.3 Å². The lowest BCUT2D eigenvalue weighted by Crippen LogP contribution is -2.37. The van der Waals surface area contributed by atoms with Crippen LogP contribution in [0, 0.1) is 0 Å². The van der Waals surface area contributed by atoms with Crippen LogP contribution in [-0.2, 0) is 21.7 Å². The standard InChI is InChI=1S/C20H24O4/c1-5-9-16-12-13-18(19(14-16)21-2)24-15-20(22-3,23-4)17-10-7-6-8-11-17/h5-8,10-14H,1,9,15H2,2-4H3. The molecule has 0 aliphatic carbocycles. The number of hydrogen-bond acceptors (Lipinski definition) is 4. The maximum Gasteiger partial charge on any atom is 0.229 e. The number of benzene rings is 2. The Balaban J connectivity index is 2.22. The van der Waals surface area contributed by atoms with Gasteiger partial charge in [0.15, 0.2) is 11.5 Å². The Hall–Kier alpha value is -2.30. The highest BCUT2D eigenvalue weighted by Gasteiger charge is 2.33. The van der Waals surface area contributed by atoms with Crippen LogP contribution >= 0.6 is 0 Å². The van der Waals surface area contributed by atoms with Crippen LogP contribution in [0.4, 0.5) is 0 Å². The zero-order chi connectivity index (χ0) is 17.4. The van der Waals surface area contributed by atoms with Crippen molar-refractivity contribution in [1.82, 2.24) is 0 Å². The van der Waals surface area contributed by atoms with E-state index in [1.54, 1.807) is 21.3 Å². The molecule has 0 aliphatic heterocycles. The summed E-state index contributed by atoms with van der Waals surface area (Å²) in [6.07, 6.45) is 2.63. The van der Waals surface area contributed by atoms with E-state index in [4.69, 9.17) is 18.9 Å². The maximum absolute atomic E-state index is 5.96. The molecule has 0 saturated heterocycles. The molecule has 128 valence electrons. The first-order chi connectivity index (χ1) is 11.7. The van der Waals surface area contributed by atoms with E-state index in [-0.39, 0.29) is 6.61 Å². The summed E-state index contributed by atoms with van der Waals surface area (Å²) in [5.41, 5.74) is 2.00. The molecule has 0 unspecified atom stereocenters. The van der Waals surface area contributed by atoms with Gasteiger partial charge in [-0.05, 0) is 24.1 Å². The second-order valence-corrected chi connectivity index (χ2v) is 5.29. The quantitative estimate of drug-likeness (QED) is 0.516. The summed E-state index contributed by atoms with van der Waals surface area (Å²) < 4.78 is 22.7. The van der Waals surface area contributed by atoms with Gasteiger partial charge in [0.05, 0.1) is 7.11 Å². The Morgan fingerprint density at radius 2 is 1.67 bits per heavy atom. The Morgan fingerprint density at radius 1 is 0.958 bits per heavy atom. The Bertz CT molecular complexity index is 648. The van der Waals surface area contributed by atoms with Crippen LogP contribution in [0.1, 0.15) is 11.1 Å². The molecule has 0 amide bonds. The van der Waals surface area contributed by atoms with E-state index in [1.165, 1.54) is 0 Å². The average Bonchev–Trinajstić information content (AvgIpc) is 2.65. The largest absolute Gasteiger partial charge is 0.493 e. The van der Waals surface area contributed by atoms with Gasteiger partial charge in [-0.15, -0.1) is 6.58 Å². The average molecular weight is 328 g/mol. The van der Waals surface area contributed by atoms with Crippen LogP contribution in [0.5, 0.6) is 11.5 Å². The molecule has 0 aromatic heterocycles. The van der Waals surface area contributed by atoms with Crippen molar-refractivity contribution < 1.29 is 18.9 Å². The third-order valence-corrected chi connectivity index (χ3v) is 3.90. The summed E-state index contributed by atoms with van der Waals surface area (Å²) in [5, 5.41) is 0. The fraction of sp³-hybridized carbons (Fsp3) is 0.300. The Labute approximate surface area is 143 Å². The SMILES string of the molecule is C=CCc1ccc(OCC(OC)(OC)c2ccccc2)c(OC)c1. The number of allylic oxidation sites excluding steroid dienone is 1. The monoisotopic (exact) mass is 328 g/mol. The number of ether oxygens (including phenoxy) is 4. The molecule has 2 aromatic carbocycles. The van der Waals surface area contributed by atoms with Crippen molar-refractivity contribution in [1.29, 1.82) is 0 Å². The molecule has 0 spiro atoms. The Kier molecular flexibility index (Phi) is 6.41. The molecular formula is C20H24O4. The lowest BCUT2D eigenvalue weighted by Gasteiger charge is -2.31. The summed E-state index contributed by atoms with van der Waals surface area (Å²) in [6, 6.07) is 15.5. The first-order valence-electron chi connectivity index (χ1n) is 7.75. The van der Waals surface area contributed by atoms with Crippen LogP contribution in [0.3, 0.4) is 0 Å². The second kappa shape index (κ2) is 8.52. The van der Waals surface area contributed by atoms with Gasteiger partial charge in [-0.25, -0.2) is 0 Å². The molecule has 4 heteroatoms. The molecule has 0 aliphatic rings. The minimum absolute atomic E-state index is 0.196. The molecule has 4 nitrogen and oxygen atoms in total. The van der Waals surface area contributed by atoms with E-state index >= 15 is 0 Å². The molecule has 2 rings (SSSR count). The minimum atomic E-state index is -0.980. The van der Waals surface area contributed by atoms with Gasteiger partial charge in [0.2, 0.25) is 5.79 Å². The van der Waals surface area contributed by atoms with E-state index in [0.717, 1.165) is 17.5 Å². The first-order valence-corrected chi connectivity index (χ1v) is 7.75. The van der Waals surface area contributed by atoms with Crippen LogP contribution in [0.25, 0.3) is 0 Å². The zero-order valence-electron chi connectivity index (χ0n) is 14.5. The van der Waals surface area contributed by atoms with Gasteiger partial charge in [0.25, 0.3) is 0 Å². The molecule has 0 saturated carbocycles. The van der Waals surface area contributed by atoms with Gasteiger partial charge < -0.3 is 18.9 Å². The summed E-state index contributed by atoms with van der Waals surface area (Å²) in [7, 11) is 4.82. The van der Waals surface area contributed by atoms with Crippen molar-refractivity contribution in [3.63, 3.8) is 0 Å². The van der Waals surface area contributed by atoms with Gasteiger partial charge >= 0.3 is 0 Å². The van der Waals surface area contributed by atoms with E-state index in [2.05, 4.69) is 6.58 Å². The normalized spacial score (nSPS) is 11.1. The molecule has 0 N–H and O–H groups in total. The van der Waals surface area contributed by atoms with Crippen molar-refractivity contribution >= 4 is 0 Å². The van der Waals surface area contributed by atoms with Gasteiger partial charge in [0.1, 0.15) is 6.61 Å². The molecule has 24 heavy (non-hydrogen) atoms. The van der Waals surface area contributed by atoms with Crippen molar-refractivity contribution in [2.75, 3.05) is 27.9 Å². The third kappa shape index (κ3) is 3.96. The van der Waals surface area contributed by atoms with Crippen LogP contribution in [0.15, 0.2) is 61.2 Å². The molecule has 0 radical (unpaired) electrons. The van der Waals surface area contributed by atoms with Crippen molar-refractivity contribution in [3.8, 4) is 11.5 Å². The molecular weight excluding hydrogens is 304 g/mol. The predicted octanol–water partition coefficient (Wildman–Crippen LogP) is 3.95. The van der Waals surface area contributed by atoms with Gasteiger partial charge in [0, 0.05) is 19.8 Å². The summed E-state index contributed by atoms with van der Waals surface area (Å²) in [5.74, 6) is 0.328. The summed E-state index contributed by atoms with van der Waals surface area (Å²) >= 11 is 0. The molecule has 0 heterocycles. The van der Waals surface area contributed by atoms with E-state index in [9.17, 15) is 0 Å². The molecule has 0 bridgehead atoms. The summed E-state index contributed by atoms with van der Waals surface area (Å²) in [4.78, 5) is 0. The third-order valence-electron chi connectivity index (χ3n) is 3.90. The second-order valence-electron chi connectivity index (χ2n) is 5.29. The van der Waals surface area contributed by atoms with E-state index in [1.807, 2.05) is 54.6 Å². The highest BCUT2D eigenvalue weighted by Crippen LogP contribution is 2.32. The highest BCUT2D eigenvalue weighted by molar-refractivity contribution is 5.43. The van der Waals surface area contributed by atoms with E-state index in [0.29, 0.717) is 11.5 Å². The fourth-order valence-electron chi connectivity index (χ4n) is 2.51. The molecule has 2 aromatic rings. The number of methoxy groups -OCH3 is 3. The van der Waals surface area contributed by atoms with Gasteiger partial charge in [-0.1, -0.05) is 42.5 Å². The van der Waals surface area contributed by atoms with Crippen molar-refractivity contribution in [2.45, 2.75) is 12.2 Å². The zero-order valence-corrected chi connectivity index (χ0v) is 14.5. The predicted molar refractivity (Wildman–Crippen MR) is 94.5 cm³/mol. The lowest BCUT2D eigenvalue weighted by molar-refractivity contribution is -0.231. The Morgan fingerprint density at radius 3 is 2.25 bits per heavy atom. The van der Waals surface area contributed by atoms with Gasteiger partial charge in [-0.2, -0.15) is 0 Å². The van der Waals surface area contributed by atoms with Crippen LogP contribution < -0.4 is 9.47 Å². The first kappa shape index (κ1) is 18.0. The maximum atomic E-state index is 5.96. The summed E-state index contributed by atoms with van der Waals surface area (Å²) in [6.45, 7) is 3.95. The van der Waals surface area contributed by atoms with Crippen molar-refractivity contribution in [2.24, 2.45) is 0 Å². The minimum Gasteiger partial charge on any atom is -0.493 e.